The van der Waals surface area contributed by atoms with Gasteiger partial charge in [0.15, 0.2) is 0 Å². The van der Waals surface area contributed by atoms with Gasteiger partial charge in [-0.05, 0) is 29.9 Å². The van der Waals surface area contributed by atoms with Gasteiger partial charge in [0.1, 0.15) is 0 Å². The highest BCUT2D eigenvalue weighted by Crippen LogP contribution is 2.42. The predicted octanol–water partition coefficient (Wildman–Crippen LogP) is 3.66. The average Bonchev–Trinajstić information content (AvgIpc) is 3.15. The Balaban J connectivity index is 1.75. The van der Waals surface area contributed by atoms with Crippen LogP contribution in [0.3, 0.4) is 0 Å². The fraction of sp³-hybridized carbons (Fsp3) is 0.588. The highest BCUT2D eigenvalue weighted by Gasteiger charge is 2.40. The van der Waals surface area contributed by atoms with Crippen LogP contribution in [0.2, 0.25) is 0 Å². The van der Waals surface area contributed by atoms with Crippen molar-refractivity contribution in [2.45, 2.75) is 37.5 Å². The van der Waals surface area contributed by atoms with Crippen molar-refractivity contribution in [3.05, 3.63) is 46.3 Å². The lowest BCUT2D eigenvalue weighted by atomic mass is 9.78. The van der Waals surface area contributed by atoms with Crippen LogP contribution >= 0.6 is 0 Å². The fourth-order valence-corrected chi connectivity index (χ4v) is 4.03. The van der Waals surface area contributed by atoms with Gasteiger partial charge in [-0.3, -0.25) is 4.79 Å². The minimum Gasteiger partial charge on any atom is -0.342 e. The van der Waals surface area contributed by atoms with Crippen molar-refractivity contribution < 1.29 is 4.79 Å². The maximum atomic E-state index is 12.3. The van der Waals surface area contributed by atoms with Crippen molar-refractivity contribution >= 4 is 5.91 Å². The summed E-state index contributed by atoms with van der Waals surface area (Å²) >= 11 is 0. The average molecular weight is 298 g/mol. The number of amides is 1. The number of nitrogens with zero attached hydrogens (tertiary/aromatic N) is 4. The predicted molar refractivity (Wildman–Crippen MR) is 85.3 cm³/mol. The Kier molecular flexibility index (Phi) is 4.34. The summed E-state index contributed by atoms with van der Waals surface area (Å²) in [5, 5.41) is 3.63. The van der Waals surface area contributed by atoms with Crippen LogP contribution in [0, 0.1) is 5.92 Å². The van der Waals surface area contributed by atoms with Crippen molar-refractivity contribution in [2.24, 2.45) is 11.0 Å². The van der Waals surface area contributed by atoms with E-state index < -0.39 is 0 Å². The molecule has 0 N–H and O–H groups in total. The Morgan fingerprint density at radius 3 is 2.68 bits per heavy atom. The van der Waals surface area contributed by atoms with Crippen molar-refractivity contribution in [3.8, 4) is 0 Å². The van der Waals surface area contributed by atoms with E-state index in [4.69, 9.17) is 5.53 Å². The van der Waals surface area contributed by atoms with E-state index in [1.54, 1.807) is 0 Å². The summed E-state index contributed by atoms with van der Waals surface area (Å²) in [6.45, 7) is 1.96. The molecule has 5 heteroatoms. The minimum atomic E-state index is 0.115. The first-order valence-corrected chi connectivity index (χ1v) is 8.08. The van der Waals surface area contributed by atoms with Crippen LogP contribution < -0.4 is 0 Å². The summed E-state index contributed by atoms with van der Waals surface area (Å²) in [5.74, 6) is 0.387. The zero-order valence-electron chi connectivity index (χ0n) is 12.8. The molecule has 1 aromatic rings. The number of hydrogen-bond donors (Lipinski definition) is 0. The molecule has 1 unspecified atom stereocenters. The third kappa shape index (κ3) is 2.95. The summed E-state index contributed by atoms with van der Waals surface area (Å²) in [6.07, 6.45) is 5.30. The van der Waals surface area contributed by atoms with Gasteiger partial charge in [-0.2, -0.15) is 0 Å². The summed E-state index contributed by atoms with van der Waals surface area (Å²) in [4.78, 5) is 17.1. The van der Waals surface area contributed by atoms with Crippen molar-refractivity contribution in [1.82, 2.24) is 4.90 Å². The Morgan fingerprint density at radius 1 is 1.27 bits per heavy atom. The maximum Gasteiger partial charge on any atom is 0.222 e. The van der Waals surface area contributed by atoms with Crippen LogP contribution in [0.5, 0.6) is 0 Å². The molecule has 0 bridgehead atoms. The van der Waals surface area contributed by atoms with Crippen LogP contribution in [-0.4, -0.2) is 30.4 Å². The number of carbonyl (C=O) groups excluding carboxylic acids is 1. The molecule has 22 heavy (non-hydrogen) atoms. The zero-order valence-corrected chi connectivity index (χ0v) is 12.8. The molecule has 1 saturated carbocycles. The molecule has 0 radical (unpaired) electrons. The number of benzene rings is 1. The van der Waals surface area contributed by atoms with Crippen molar-refractivity contribution in [3.63, 3.8) is 0 Å². The van der Waals surface area contributed by atoms with Gasteiger partial charge in [0.05, 0.1) is 0 Å². The second kappa shape index (κ2) is 6.41. The van der Waals surface area contributed by atoms with E-state index in [1.165, 1.54) is 18.4 Å². The second-order valence-corrected chi connectivity index (χ2v) is 6.61. The molecule has 0 spiro atoms. The quantitative estimate of drug-likeness (QED) is 0.464. The molecule has 1 aliphatic heterocycles. The molecule has 1 amide bonds. The Morgan fingerprint density at radius 2 is 2.00 bits per heavy atom. The monoisotopic (exact) mass is 298 g/mol. The molecular formula is C17H22N4O. The molecule has 1 aromatic carbocycles. The van der Waals surface area contributed by atoms with Crippen LogP contribution in [0.4, 0.5) is 0 Å². The highest BCUT2D eigenvalue weighted by molar-refractivity contribution is 5.78. The molecule has 116 valence electrons. The Hall–Kier alpha value is -2.00. The first kappa shape index (κ1) is 14.9. The van der Waals surface area contributed by atoms with Gasteiger partial charge in [0.2, 0.25) is 5.91 Å². The SMILES string of the molecule is [N-]=[N+]=NCC1CC(=O)N(CC2(c3ccccc3)CCCC2)C1. The van der Waals surface area contributed by atoms with Crippen LogP contribution in [0.15, 0.2) is 35.4 Å². The highest BCUT2D eigenvalue weighted by atomic mass is 16.2. The lowest BCUT2D eigenvalue weighted by Crippen LogP contribution is -2.40. The normalized spacial score (nSPS) is 23.5. The third-order valence-corrected chi connectivity index (χ3v) is 5.14. The zero-order chi connectivity index (χ0) is 15.4. The Labute approximate surface area is 130 Å². The number of carbonyl (C=O) groups is 1. The van der Waals surface area contributed by atoms with E-state index >= 15 is 0 Å². The topological polar surface area (TPSA) is 69.1 Å². The molecular weight excluding hydrogens is 276 g/mol. The summed E-state index contributed by atoms with van der Waals surface area (Å²) in [6, 6.07) is 10.6. The first-order valence-electron chi connectivity index (χ1n) is 8.08. The maximum absolute atomic E-state index is 12.3. The largest absolute Gasteiger partial charge is 0.342 e. The number of likely N-dealkylation sites (tertiary alicyclic amines) is 1. The van der Waals surface area contributed by atoms with E-state index in [0.29, 0.717) is 13.0 Å². The van der Waals surface area contributed by atoms with Gasteiger partial charge >= 0.3 is 0 Å². The molecule has 3 rings (SSSR count). The summed E-state index contributed by atoms with van der Waals surface area (Å²) < 4.78 is 0. The van der Waals surface area contributed by atoms with Gasteiger partial charge in [-0.1, -0.05) is 48.3 Å². The third-order valence-electron chi connectivity index (χ3n) is 5.14. The number of hydrogen-bond acceptors (Lipinski definition) is 2. The van der Waals surface area contributed by atoms with Crippen molar-refractivity contribution in [1.29, 1.82) is 0 Å². The Bertz CT molecular complexity index is 574. The van der Waals surface area contributed by atoms with E-state index in [0.717, 1.165) is 25.9 Å². The molecule has 2 aliphatic rings. The second-order valence-electron chi connectivity index (χ2n) is 6.61. The lowest BCUT2D eigenvalue weighted by Gasteiger charge is -2.34. The van der Waals surface area contributed by atoms with Crippen LogP contribution in [0.1, 0.15) is 37.7 Å². The minimum absolute atomic E-state index is 0.115. The molecule has 1 heterocycles. The summed E-state index contributed by atoms with van der Waals surface area (Å²) in [7, 11) is 0. The fourth-order valence-electron chi connectivity index (χ4n) is 4.03. The molecule has 1 saturated heterocycles. The summed E-state index contributed by atoms with van der Waals surface area (Å²) in [5.41, 5.74) is 9.91. The smallest absolute Gasteiger partial charge is 0.222 e. The van der Waals surface area contributed by atoms with E-state index in [1.807, 2.05) is 11.0 Å². The van der Waals surface area contributed by atoms with E-state index in [-0.39, 0.29) is 17.2 Å². The molecule has 2 fully saturated rings. The van der Waals surface area contributed by atoms with Crippen LogP contribution in [0.25, 0.3) is 10.4 Å². The molecule has 0 aromatic heterocycles. The molecule has 1 atom stereocenters. The van der Waals surface area contributed by atoms with Gasteiger partial charge in [-0.15, -0.1) is 0 Å². The van der Waals surface area contributed by atoms with E-state index in [9.17, 15) is 4.79 Å². The van der Waals surface area contributed by atoms with Gasteiger partial charge in [0.25, 0.3) is 0 Å². The first-order chi connectivity index (χ1) is 10.7. The lowest BCUT2D eigenvalue weighted by molar-refractivity contribution is -0.128. The molecule has 1 aliphatic carbocycles. The van der Waals surface area contributed by atoms with Crippen molar-refractivity contribution in [2.75, 3.05) is 19.6 Å². The van der Waals surface area contributed by atoms with Crippen LogP contribution in [-0.2, 0) is 10.2 Å². The van der Waals surface area contributed by atoms with Gasteiger partial charge in [0, 0.05) is 36.4 Å². The number of rotatable bonds is 5. The standard InChI is InChI=1S/C17H22N4O/c18-20-19-11-14-10-16(22)21(12-14)13-17(8-4-5-9-17)15-6-2-1-3-7-15/h1-3,6-7,14H,4-5,8-13H2. The molecule has 5 nitrogen and oxygen atoms in total. The number of azide groups is 1. The van der Waals surface area contributed by atoms with Gasteiger partial charge in [-0.25, -0.2) is 0 Å². The van der Waals surface area contributed by atoms with E-state index in [2.05, 4.69) is 34.3 Å². The van der Waals surface area contributed by atoms with Gasteiger partial charge < -0.3 is 4.90 Å².